The first kappa shape index (κ1) is 10.5. The summed E-state index contributed by atoms with van der Waals surface area (Å²) in [4.78, 5) is 4.08. The van der Waals surface area contributed by atoms with Crippen LogP contribution in [0, 0.1) is 6.92 Å². The largest absolute Gasteiger partial charge is 0.496 e. The molecule has 0 aliphatic rings. The van der Waals surface area contributed by atoms with Crippen molar-refractivity contribution in [2.24, 2.45) is 0 Å². The zero-order chi connectivity index (χ0) is 11.5. The molecule has 0 unspecified atom stereocenters. The molecule has 0 amide bonds. The summed E-state index contributed by atoms with van der Waals surface area (Å²) in [5.74, 6) is 0.881. The molecule has 0 bridgehead atoms. The van der Waals surface area contributed by atoms with E-state index in [1.165, 1.54) is 0 Å². The Balaban J connectivity index is 2.50. The molecular formula is C13H14N2O. The van der Waals surface area contributed by atoms with E-state index in [-0.39, 0.29) is 0 Å². The quantitative estimate of drug-likeness (QED) is 0.836. The summed E-state index contributed by atoms with van der Waals surface area (Å²) in [6.07, 6.45) is 3.46. The predicted molar refractivity (Wildman–Crippen MR) is 65.4 cm³/mol. The lowest BCUT2D eigenvalue weighted by Crippen LogP contribution is -1.92. The Labute approximate surface area is 94.9 Å². The number of hydrogen-bond donors (Lipinski definition) is 1. The molecule has 0 spiro atoms. The fourth-order valence-corrected chi connectivity index (χ4v) is 1.69. The number of benzene rings is 1. The highest BCUT2D eigenvalue weighted by Crippen LogP contribution is 2.28. The van der Waals surface area contributed by atoms with Crippen LogP contribution in [-0.2, 0) is 0 Å². The third kappa shape index (κ3) is 1.84. The van der Waals surface area contributed by atoms with Gasteiger partial charge in [0.05, 0.1) is 7.11 Å². The van der Waals surface area contributed by atoms with Gasteiger partial charge in [-0.3, -0.25) is 4.98 Å². The first-order valence-electron chi connectivity index (χ1n) is 5.07. The number of aryl methyl sites for hydroxylation is 1. The number of rotatable bonds is 2. The standard InChI is InChI=1S/C13H14N2O/c1-9-7-10(3-4-13(9)16-2)11-8-15-6-5-12(11)14/h3-8H,1-2H3,(H2,14,15). The summed E-state index contributed by atoms with van der Waals surface area (Å²) in [5, 5.41) is 0. The number of nitrogen functional groups attached to an aromatic ring is 1. The van der Waals surface area contributed by atoms with Crippen LogP contribution < -0.4 is 10.5 Å². The number of nitrogens with zero attached hydrogens (tertiary/aromatic N) is 1. The maximum Gasteiger partial charge on any atom is 0.121 e. The van der Waals surface area contributed by atoms with E-state index >= 15 is 0 Å². The van der Waals surface area contributed by atoms with Crippen molar-refractivity contribution in [3.8, 4) is 16.9 Å². The normalized spacial score (nSPS) is 10.1. The monoisotopic (exact) mass is 214 g/mol. The van der Waals surface area contributed by atoms with Crippen LogP contribution in [0.15, 0.2) is 36.7 Å². The maximum absolute atomic E-state index is 5.90. The number of aromatic nitrogens is 1. The predicted octanol–water partition coefficient (Wildman–Crippen LogP) is 2.65. The fourth-order valence-electron chi connectivity index (χ4n) is 1.69. The van der Waals surface area contributed by atoms with Gasteiger partial charge in [0.2, 0.25) is 0 Å². The molecule has 2 rings (SSSR count). The van der Waals surface area contributed by atoms with E-state index in [1.807, 2.05) is 25.1 Å². The van der Waals surface area contributed by atoms with Crippen LogP contribution in [0.4, 0.5) is 5.69 Å². The molecule has 1 aromatic heterocycles. The Bertz CT molecular complexity index is 509. The summed E-state index contributed by atoms with van der Waals surface area (Å²) in [5.41, 5.74) is 9.74. The molecule has 2 aromatic rings. The van der Waals surface area contributed by atoms with Gasteiger partial charge in [-0.25, -0.2) is 0 Å². The molecule has 82 valence electrons. The second-order valence-electron chi connectivity index (χ2n) is 3.65. The second kappa shape index (κ2) is 4.23. The van der Waals surface area contributed by atoms with Crippen LogP contribution in [0.2, 0.25) is 0 Å². The minimum Gasteiger partial charge on any atom is -0.496 e. The van der Waals surface area contributed by atoms with Crippen molar-refractivity contribution in [1.29, 1.82) is 0 Å². The summed E-state index contributed by atoms with van der Waals surface area (Å²) in [7, 11) is 1.67. The first-order chi connectivity index (χ1) is 7.72. The van der Waals surface area contributed by atoms with Gasteiger partial charge in [0, 0.05) is 23.6 Å². The van der Waals surface area contributed by atoms with Crippen molar-refractivity contribution in [1.82, 2.24) is 4.98 Å². The highest BCUT2D eigenvalue weighted by Gasteiger charge is 2.04. The molecule has 0 aliphatic carbocycles. The van der Waals surface area contributed by atoms with Crippen molar-refractivity contribution in [2.45, 2.75) is 6.92 Å². The van der Waals surface area contributed by atoms with E-state index in [2.05, 4.69) is 4.98 Å². The van der Waals surface area contributed by atoms with Gasteiger partial charge in [-0.1, -0.05) is 6.07 Å². The number of methoxy groups -OCH3 is 1. The van der Waals surface area contributed by atoms with Gasteiger partial charge in [0.1, 0.15) is 5.75 Å². The Hall–Kier alpha value is -2.03. The number of anilines is 1. The van der Waals surface area contributed by atoms with Crippen LogP contribution in [0.5, 0.6) is 5.75 Å². The summed E-state index contributed by atoms with van der Waals surface area (Å²) >= 11 is 0. The van der Waals surface area contributed by atoms with Crippen LogP contribution in [0.1, 0.15) is 5.56 Å². The molecule has 0 fully saturated rings. The maximum atomic E-state index is 5.90. The molecule has 3 nitrogen and oxygen atoms in total. The van der Waals surface area contributed by atoms with Gasteiger partial charge >= 0.3 is 0 Å². The zero-order valence-corrected chi connectivity index (χ0v) is 9.40. The highest BCUT2D eigenvalue weighted by atomic mass is 16.5. The molecule has 3 heteroatoms. The number of nitrogens with two attached hydrogens (primary N) is 1. The van der Waals surface area contributed by atoms with E-state index in [1.54, 1.807) is 25.6 Å². The van der Waals surface area contributed by atoms with Crippen LogP contribution >= 0.6 is 0 Å². The highest BCUT2D eigenvalue weighted by molar-refractivity contribution is 5.76. The Morgan fingerprint density at radius 2 is 2.06 bits per heavy atom. The summed E-state index contributed by atoms with van der Waals surface area (Å²) in [6, 6.07) is 7.78. The molecule has 16 heavy (non-hydrogen) atoms. The SMILES string of the molecule is COc1ccc(-c2cnccc2N)cc1C. The van der Waals surface area contributed by atoms with Gasteiger partial charge in [-0.05, 0) is 36.2 Å². The number of hydrogen-bond acceptors (Lipinski definition) is 3. The van der Waals surface area contributed by atoms with Gasteiger partial charge in [0.15, 0.2) is 0 Å². The third-order valence-corrected chi connectivity index (χ3v) is 2.56. The first-order valence-corrected chi connectivity index (χ1v) is 5.07. The lowest BCUT2D eigenvalue weighted by molar-refractivity contribution is 0.412. The third-order valence-electron chi connectivity index (χ3n) is 2.56. The van der Waals surface area contributed by atoms with Gasteiger partial charge in [-0.2, -0.15) is 0 Å². The summed E-state index contributed by atoms with van der Waals surface area (Å²) in [6.45, 7) is 2.01. The summed E-state index contributed by atoms with van der Waals surface area (Å²) < 4.78 is 5.22. The zero-order valence-electron chi connectivity index (χ0n) is 9.40. The van der Waals surface area contributed by atoms with Crippen molar-refractivity contribution in [2.75, 3.05) is 12.8 Å². The van der Waals surface area contributed by atoms with Crippen molar-refractivity contribution < 1.29 is 4.74 Å². The van der Waals surface area contributed by atoms with Crippen LogP contribution in [0.3, 0.4) is 0 Å². The topological polar surface area (TPSA) is 48.1 Å². The molecular weight excluding hydrogens is 200 g/mol. The average Bonchev–Trinajstić information content (AvgIpc) is 2.29. The van der Waals surface area contributed by atoms with Crippen molar-refractivity contribution in [3.05, 3.63) is 42.2 Å². The van der Waals surface area contributed by atoms with Gasteiger partial charge in [-0.15, -0.1) is 0 Å². The number of ether oxygens (including phenoxy) is 1. The minimum atomic E-state index is 0.736. The Morgan fingerprint density at radius 1 is 1.25 bits per heavy atom. The smallest absolute Gasteiger partial charge is 0.121 e. The molecule has 0 aliphatic heterocycles. The van der Waals surface area contributed by atoms with E-state index in [0.29, 0.717) is 0 Å². The lowest BCUT2D eigenvalue weighted by atomic mass is 10.0. The molecule has 1 aromatic carbocycles. The van der Waals surface area contributed by atoms with E-state index in [4.69, 9.17) is 10.5 Å². The molecule has 2 N–H and O–H groups in total. The number of pyridine rings is 1. The van der Waals surface area contributed by atoms with Crippen LogP contribution in [0.25, 0.3) is 11.1 Å². The van der Waals surface area contributed by atoms with Crippen molar-refractivity contribution >= 4 is 5.69 Å². The average molecular weight is 214 g/mol. The molecule has 1 heterocycles. The molecule has 0 atom stereocenters. The van der Waals surface area contributed by atoms with Crippen LogP contribution in [-0.4, -0.2) is 12.1 Å². The second-order valence-corrected chi connectivity index (χ2v) is 3.65. The van der Waals surface area contributed by atoms with E-state index in [0.717, 1.165) is 28.1 Å². The van der Waals surface area contributed by atoms with E-state index < -0.39 is 0 Å². The fraction of sp³-hybridized carbons (Fsp3) is 0.154. The molecule has 0 saturated carbocycles. The Kier molecular flexibility index (Phi) is 2.77. The molecule has 0 radical (unpaired) electrons. The molecule has 0 saturated heterocycles. The minimum absolute atomic E-state index is 0.736. The van der Waals surface area contributed by atoms with Gasteiger partial charge < -0.3 is 10.5 Å². The van der Waals surface area contributed by atoms with Gasteiger partial charge in [0.25, 0.3) is 0 Å². The Morgan fingerprint density at radius 3 is 2.69 bits per heavy atom. The van der Waals surface area contributed by atoms with Crippen molar-refractivity contribution in [3.63, 3.8) is 0 Å². The van der Waals surface area contributed by atoms with E-state index in [9.17, 15) is 0 Å². The lowest BCUT2D eigenvalue weighted by Gasteiger charge is -2.08.